The van der Waals surface area contributed by atoms with E-state index < -0.39 is 23.3 Å². The lowest BCUT2D eigenvalue weighted by atomic mass is 9.80. The average Bonchev–Trinajstić information content (AvgIpc) is 2.73. The standard InChI is InChI=1S/C24H32O6/c1-5-9-12-15-21(25)29-18-24(8-4,17-20(23(27)28)14-11-7-3)19-30-22(26)16-13-10-6-2/h5-7,9-16H,8,17-19H2,1-4H3,(H,27,28). The Bertz CT molecular complexity index is 697. The van der Waals surface area contributed by atoms with Crippen LogP contribution in [-0.2, 0) is 23.9 Å². The number of hydrogen-bond donors (Lipinski definition) is 1. The van der Waals surface area contributed by atoms with Crippen molar-refractivity contribution in [2.45, 2.75) is 40.5 Å². The van der Waals surface area contributed by atoms with Gasteiger partial charge < -0.3 is 14.6 Å². The van der Waals surface area contributed by atoms with Gasteiger partial charge in [-0.25, -0.2) is 14.4 Å². The third-order valence-electron chi connectivity index (χ3n) is 4.19. The summed E-state index contributed by atoms with van der Waals surface area (Å²) in [7, 11) is 0. The molecule has 0 aliphatic heterocycles. The number of carbonyl (C=O) groups is 3. The first-order valence-corrected chi connectivity index (χ1v) is 9.81. The number of hydrogen-bond acceptors (Lipinski definition) is 5. The zero-order valence-electron chi connectivity index (χ0n) is 18.2. The monoisotopic (exact) mass is 416 g/mol. The summed E-state index contributed by atoms with van der Waals surface area (Å²) >= 11 is 0. The first kappa shape index (κ1) is 26.9. The lowest BCUT2D eigenvalue weighted by Crippen LogP contribution is -2.35. The van der Waals surface area contributed by atoms with Gasteiger partial charge in [-0.05, 0) is 33.6 Å². The number of rotatable bonds is 13. The summed E-state index contributed by atoms with van der Waals surface area (Å²) in [6, 6.07) is 0. The summed E-state index contributed by atoms with van der Waals surface area (Å²) in [4.78, 5) is 35.6. The van der Waals surface area contributed by atoms with Gasteiger partial charge in [0.15, 0.2) is 0 Å². The van der Waals surface area contributed by atoms with Gasteiger partial charge in [-0.15, -0.1) is 0 Å². The first-order chi connectivity index (χ1) is 14.3. The lowest BCUT2D eigenvalue weighted by molar-refractivity contribution is -0.148. The number of aliphatic carboxylic acids is 1. The average molecular weight is 417 g/mol. The highest BCUT2D eigenvalue weighted by atomic mass is 16.5. The first-order valence-electron chi connectivity index (χ1n) is 9.81. The van der Waals surface area contributed by atoms with Crippen LogP contribution in [0.25, 0.3) is 0 Å². The molecular weight excluding hydrogens is 384 g/mol. The summed E-state index contributed by atoms with van der Waals surface area (Å²) in [5.41, 5.74) is -0.740. The van der Waals surface area contributed by atoms with E-state index in [4.69, 9.17) is 9.47 Å². The Labute approximate surface area is 179 Å². The molecule has 1 N–H and O–H groups in total. The Morgan fingerprint density at radius 1 is 0.800 bits per heavy atom. The van der Waals surface area contributed by atoms with Crippen molar-refractivity contribution in [1.82, 2.24) is 0 Å². The second-order valence-corrected chi connectivity index (χ2v) is 6.54. The zero-order chi connectivity index (χ0) is 22.8. The molecule has 0 heterocycles. The molecule has 0 saturated heterocycles. The van der Waals surface area contributed by atoms with Gasteiger partial charge >= 0.3 is 17.9 Å². The molecule has 6 heteroatoms. The van der Waals surface area contributed by atoms with Gasteiger partial charge in [0, 0.05) is 23.1 Å². The fraction of sp³-hybridized carbons (Fsp3) is 0.375. The summed E-state index contributed by atoms with van der Waals surface area (Å²) in [5.74, 6) is -2.19. The van der Waals surface area contributed by atoms with E-state index in [1.807, 2.05) is 20.8 Å². The Balaban J connectivity index is 5.57. The molecule has 0 radical (unpaired) electrons. The Kier molecular flexibility index (Phi) is 14.1. The van der Waals surface area contributed by atoms with Crippen LogP contribution in [0.15, 0.2) is 72.4 Å². The van der Waals surface area contributed by atoms with Gasteiger partial charge in [-0.3, -0.25) is 0 Å². The van der Waals surface area contributed by atoms with Crippen molar-refractivity contribution >= 4 is 17.9 Å². The lowest BCUT2D eigenvalue weighted by Gasteiger charge is -2.31. The van der Waals surface area contributed by atoms with Crippen LogP contribution in [0.2, 0.25) is 0 Å². The van der Waals surface area contributed by atoms with Gasteiger partial charge in [-0.1, -0.05) is 61.6 Å². The molecule has 0 saturated carbocycles. The largest absolute Gasteiger partial charge is 0.478 e. The molecule has 0 aliphatic rings. The Morgan fingerprint density at radius 2 is 1.27 bits per heavy atom. The number of carboxylic acids is 1. The van der Waals surface area contributed by atoms with E-state index in [9.17, 15) is 19.5 Å². The van der Waals surface area contributed by atoms with E-state index in [2.05, 4.69) is 0 Å². The minimum atomic E-state index is -1.08. The third kappa shape index (κ3) is 11.6. The fourth-order valence-corrected chi connectivity index (χ4v) is 2.33. The predicted octanol–water partition coefficient (Wildman–Crippen LogP) is 4.71. The molecule has 0 rings (SSSR count). The highest BCUT2D eigenvalue weighted by molar-refractivity contribution is 5.87. The molecule has 0 atom stereocenters. The quantitative estimate of drug-likeness (QED) is 0.266. The van der Waals surface area contributed by atoms with Crippen molar-refractivity contribution in [2.75, 3.05) is 13.2 Å². The van der Waals surface area contributed by atoms with E-state index in [-0.39, 0.29) is 25.2 Å². The van der Waals surface area contributed by atoms with Crippen LogP contribution < -0.4 is 0 Å². The van der Waals surface area contributed by atoms with Crippen molar-refractivity contribution in [3.8, 4) is 0 Å². The van der Waals surface area contributed by atoms with Gasteiger partial charge in [0.05, 0.1) is 0 Å². The number of carboxylic acid groups (broad SMARTS) is 1. The Hall–Kier alpha value is -3.15. The van der Waals surface area contributed by atoms with E-state index in [0.29, 0.717) is 6.42 Å². The van der Waals surface area contributed by atoms with E-state index in [0.717, 1.165) is 0 Å². The van der Waals surface area contributed by atoms with E-state index in [1.54, 1.807) is 55.5 Å². The minimum Gasteiger partial charge on any atom is -0.478 e. The van der Waals surface area contributed by atoms with Crippen LogP contribution in [0.4, 0.5) is 0 Å². The molecule has 6 nitrogen and oxygen atoms in total. The summed E-state index contributed by atoms with van der Waals surface area (Å²) < 4.78 is 10.7. The summed E-state index contributed by atoms with van der Waals surface area (Å²) in [6.07, 6.45) is 17.9. The second-order valence-electron chi connectivity index (χ2n) is 6.54. The van der Waals surface area contributed by atoms with E-state index >= 15 is 0 Å². The van der Waals surface area contributed by atoms with Crippen molar-refractivity contribution < 1.29 is 29.0 Å². The maximum absolute atomic E-state index is 12.0. The molecule has 0 fully saturated rings. The number of esters is 2. The zero-order valence-corrected chi connectivity index (χ0v) is 18.2. The predicted molar refractivity (Wildman–Crippen MR) is 118 cm³/mol. The maximum atomic E-state index is 12.0. The van der Waals surface area contributed by atoms with Crippen LogP contribution in [0.5, 0.6) is 0 Å². The minimum absolute atomic E-state index is 0.0703. The van der Waals surface area contributed by atoms with Gasteiger partial charge in [0.2, 0.25) is 0 Å². The molecule has 0 unspecified atom stereocenters. The molecule has 0 aromatic heterocycles. The molecule has 0 spiro atoms. The van der Waals surface area contributed by atoms with Gasteiger partial charge in [0.25, 0.3) is 0 Å². The molecule has 0 bridgehead atoms. The van der Waals surface area contributed by atoms with Crippen LogP contribution in [0.1, 0.15) is 40.5 Å². The second kappa shape index (κ2) is 15.7. The number of carbonyl (C=O) groups excluding carboxylic acids is 2. The Morgan fingerprint density at radius 3 is 1.63 bits per heavy atom. The van der Waals surface area contributed by atoms with Gasteiger partial charge in [-0.2, -0.15) is 0 Å². The molecule has 0 aromatic rings. The molecule has 0 aliphatic carbocycles. The summed E-state index contributed by atoms with van der Waals surface area (Å²) in [6.45, 7) is 7.08. The van der Waals surface area contributed by atoms with Crippen molar-refractivity contribution in [2.24, 2.45) is 5.41 Å². The maximum Gasteiger partial charge on any atom is 0.331 e. The molecule has 30 heavy (non-hydrogen) atoms. The molecule has 0 aromatic carbocycles. The summed E-state index contributed by atoms with van der Waals surface area (Å²) in [5, 5.41) is 9.54. The van der Waals surface area contributed by atoms with Crippen molar-refractivity contribution in [1.29, 1.82) is 0 Å². The normalized spacial score (nSPS) is 14.9. The molecule has 164 valence electrons. The molecule has 0 amide bonds. The van der Waals surface area contributed by atoms with Gasteiger partial charge in [0.1, 0.15) is 13.2 Å². The fourth-order valence-electron chi connectivity index (χ4n) is 2.33. The van der Waals surface area contributed by atoms with Crippen LogP contribution in [0, 0.1) is 5.41 Å². The van der Waals surface area contributed by atoms with Crippen LogP contribution in [-0.4, -0.2) is 36.2 Å². The molecular formula is C24H32O6. The highest BCUT2D eigenvalue weighted by Gasteiger charge is 2.34. The number of allylic oxidation sites excluding steroid dienone is 9. The van der Waals surface area contributed by atoms with Crippen molar-refractivity contribution in [3.05, 3.63) is 72.4 Å². The SMILES string of the molecule is CC=CC=CC(=O)OCC(CC)(COC(=O)C=CC=CC)CC(=CC=CC)C(=O)O. The highest BCUT2D eigenvalue weighted by Crippen LogP contribution is 2.32. The topological polar surface area (TPSA) is 89.9 Å². The van der Waals surface area contributed by atoms with Crippen molar-refractivity contribution in [3.63, 3.8) is 0 Å². The van der Waals surface area contributed by atoms with Crippen LogP contribution >= 0.6 is 0 Å². The number of ether oxygens (including phenoxy) is 2. The van der Waals surface area contributed by atoms with E-state index in [1.165, 1.54) is 18.2 Å². The third-order valence-corrected chi connectivity index (χ3v) is 4.19. The smallest absolute Gasteiger partial charge is 0.331 e. The van der Waals surface area contributed by atoms with Crippen LogP contribution in [0.3, 0.4) is 0 Å².